The molecule has 0 radical (unpaired) electrons. The Balaban J connectivity index is 1.81. The average Bonchev–Trinajstić information content (AvgIpc) is 3.12. The van der Waals surface area contributed by atoms with Crippen LogP contribution in [0.15, 0.2) is 40.1 Å². The summed E-state index contributed by atoms with van der Waals surface area (Å²) in [4.78, 5) is 8.32. The zero-order chi connectivity index (χ0) is 15.6. The molecule has 0 aliphatic rings. The van der Waals surface area contributed by atoms with Crippen LogP contribution in [0.2, 0.25) is 0 Å². The summed E-state index contributed by atoms with van der Waals surface area (Å²) < 4.78 is 39.4. The van der Waals surface area contributed by atoms with Gasteiger partial charge in [-0.15, -0.1) is 16.4 Å². The molecule has 0 atom stereocenters. The van der Waals surface area contributed by atoms with Crippen LogP contribution in [0.1, 0.15) is 10.6 Å². The molecule has 3 aromatic heterocycles. The summed E-state index contributed by atoms with van der Waals surface area (Å²) in [6.45, 7) is 0.436. The zero-order valence-electron chi connectivity index (χ0n) is 10.7. The van der Waals surface area contributed by atoms with E-state index in [9.17, 15) is 13.2 Å². The first-order chi connectivity index (χ1) is 10.5. The van der Waals surface area contributed by atoms with Gasteiger partial charge >= 0.3 is 6.18 Å². The van der Waals surface area contributed by atoms with Gasteiger partial charge in [0.15, 0.2) is 5.16 Å². The lowest BCUT2D eigenvalue weighted by molar-refractivity contribution is -0.141. The molecule has 6 nitrogen and oxygen atoms in total. The lowest BCUT2D eigenvalue weighted by Crippen LogP contribution is -2.09. The fourth-order valence-corrected chi connectivity index (χ4v) is 2.94. The van der Waals surface area contributed by atoms with Crippen LogP contribution in [0.3, 0.4) is 0 Å². The van der Waals surface area contributed by atoms with Gasteiger partial charge < -0.3 is 0 Å². The van der Waals surface area contributed by atoms with E-state index in [-0.39, 0.29) is 5.16 Å². The van der Waals surface area contributed by atoms with Gasteiger partial charge in [0.05, 0.1) is 6.54 Å². The van der Waals surface area contributed by atoms with Gasteiger partial charge in [0.2, 0.25) is 5.16 Å². The number of hydrogen-bond acceptors (Lipinski definition) is 7. The molecule has 0 amide bonds. The first-order valence-electron chi connectivity index (χ1n) is 5.89. The van der Waals surface area contributed by atoms with Crippen molar-refractivity contribution in [3.05, 3.63) is 40.3 Å². The van der Waals surface area contributed by atoms with E-state index in [0.29, 0.717) is 11.7 Å². The van der Waals surface area contributed by atoms with Gasteiger partial charge in [0, 0.05) is 11.1 Å². The molecule has 0 aliphatic heterocycles. The Morgan fingerprint density at radius 1 is 1.27 bits per heavy atom. The van der Waals surface area contributed by atoms with Crippen molar-refractivity contribution in [2.75, 3.05) is 0 Å². The first-order valence-corrected chi connectivity index (χ1v) is 7.58. The normalized spacial score (nSPS) is 11.8. The van der Waals surface area contributed by atoms with Gasteiger partial charge in [-0.2, -0.15) is 13.2 Å². The lowest BCUT2D eigenvalue weighted by Gasteiger charge is -2.06. The van der Waals surface area contributed by atoms with E-state index in [1.165, 1.54) is 16.0 Å². The summed E-state index contributed by atoms with van der Waals surface area (Å²) >= 11 is 2.42. The molecule has 3 rings (SSSR count). The number of alkyl halides is 3. The molecule has 11 heteroatoms. The van der Waals surface area contributed by atoms with Gasteiger partial charge in [-0.1, -0.05) is 6.07 Å². The van der Waals surface area contributed by atoms with Crippen molar-refractivity contribution >= 4 is 23.1 Å². The molecule has 114 valence electrons. The van der Waals surface area contributed by atoms with Gasteiger partial charge in [-0.25, -0.2) is 14.6 Å². The van der Waals surface area contributed by atoms with Crippen molar-refractivity contribution in [3.8, 4) is 0 Å². The quantitative estimate of drug-likeness (QED) is 0.678. The number of rotatable bonds is 4. The minimum atomic E-state index is -4.51. The highest BCUT2D eigenvalue weighted by Gasteiger charge is 2.33. The summed E-state index contributed by atoms with van der Waals surface area (Å²) in [5.41, 5.74) is -0.998. The fraction of sp³-hybridized carbons (Fsp3) is 0.182. The molecule has 3 aromatic rings. The van der Waals surface area contributed by atoms with E-state index in [1.54, 1.807) is 0 Å². The van der Waals surface area contributed by atoms with Crippen LogP contribution in [0.4, 0.5) is 13.2 Å². The molecule has 3 heterocycles. The molecule has 0 aliphatic carbocycles. The van der Waals surface area contributed by atoms with Gasteiger partial charge in [0.1, 0.15) is 5.69 Å². The van der Waals surface area contributed by atoms with Crippen LogP contribution in [0.5, 0.6) is 0 Å². The van der Waals surface area contributed by atoms with Crippen molar-refractivity contribution in [1.29, 1.82) is 0 Å². The number of hydrogen-bond donors (Lipinski definition) is 0. The van der Waals surface area contributed by atoms with Gasteiger partial charge in [-0.3, -0.25) is 0 Å². The topological polar surface area (TPSA) is 69.4 Å². The molecule has 0 saturated carbocycles. The maximum absolute atomic E-state index is 12.6. The first kappa shape index (κ1) is 14.9. The molecule has 0 saturated heterocycles. The van der Waals surface area contributed by atoms with E-state index in [4.69, 9.17) is 0 Å². The van der Waals surface area contributed by atoms with Gasteiger partial charge in [-0.05, 0) is 39.7 Å². The summed E-state index contributed by atoms with van der Waals surface area (Å²) in [7, 11) is 0. The monoisotopic (exact) mass is 344 g/mol. The lowest BCUT2D eigenvalue weighted by atomic mass is 10.4. The van der Waals surface area contributed by atoms with E-state index in [0.717, 1.165) is 28.9 Å². The Morgan fingerprint density at radius 3 is 2.86 bits per heavy atom. The molecule has 0 bridgehead atoms. The minimum absolute atomic E-state index is 0.0583. The molecular formula is C11H7F3N6S2. The third-order valence-corrected chi connectivity index (χ3v) is 4.21. The molecule has 0 fully saturated rings. The maximum Gasteiger partial charge on any atom is 0.433 e. The van der Waals surface area contributed by atoms with E-state index in [1.807, 2.05) is 17.5 Å². The SMILES string of the molecule is FC(F)(F)c1ccnc(Sc2nnnn2Cc2cccs2)n1. The number of halogens is 3. The highest BCUT2D eigenvalue weighted by atomic mass is 32.2. The van der Waals surface area contributed by atoms with E-state index < -0.39 is 11.9 Å². The van der Waals surface area contributed by atoms with Crippen LogP contribution in [0.25, 0.3) is 0 Å². The predicted octanol–water partition coefficient (Wildman–Crippen LogP) is 2.74. The molecule has 0 N–H and O–H groups in total. The number of aromatic nitrogens is 6. The third-order valence-electron chi connectivity index (χ3n) is 2.49. The Bertz CT molecular complexity index is 755. The van der Waals surface area contributed by atoms with Crippen LogP contribution >= 0.6 is 23.1 Å². The average molecular weight is 344 g/mol. The Labute approximate surface area is 130 Å². The number of nitrogens with zero attached hydrogens (tertiary/aromatic N) is 6. The van der Waals surface area contributed by atoms with E-state index in [2.05, 4.69) is 25.5 Å². The van der Waals surface area contributed by atoms with Crippen molar-refractivity contribution in [1.82, 2.24) is 30.2 Å². The summed E-state index contributed by atoms with van der Waals surface area (Å²) in [6, 6.07) is 4.63. The van der Waals surface area contributed by atoms with Crippen LogP contribution in [-0.4, -0.2) is 30.2 Å². The fourth-order valence-electron chi connectivity index (χ4n) is 1.55. The molecular weight excluding hydrogens is 337 g/mol. The third kappa shape index (κ3) is 3.42. The molecule has 0 aromatic carbocycles. The minimum Gasteiger partial charge on any atom is -0.231 e. The van der Waals surface area contributed by atoms with Crippen molar-refractivity contribution in [2.24, 2.45) is 0 Å². The second-order valence-corrected chi connectivity index (χ2v) is 5.99. The van der Waals surface area contributed by atoms with Crippen molar-refractivity contribution in [2.45, 2.75) is 23.0 Å². The zero-order valence-corrected chi connectivity index (χ0v) is 12.4. The largest absolute Gasteiger partial charge is 0.433 e. The molecule has 0 unspecified atom stereocenters. The predicted molar refractivity (Wildman–Crippen MR) is 72.4 cm³/mol. The highest BCUT2D eigenvalue weighted by molar-refractivity contribution is 7.99. The highest BCUT2D eigenvalue weighted by Crippen LogP contribution is 2.29. The molecule has 0 spiro atoms. The maximum atomic E-state index is 12.6. The van der Waals surface area contributed by atoms with Crippen molar-refractivity contribution < 1.29 is 13.2 Å². The van der Waals surface area contributed by atoms with Crippen LogP contribution in [0, 0.1) is 0 Å². The smallest absolute Gasteiger partial charge is 0.231 e. The van der Waals surface area contributed by atoms with Gasteiger partial charge in [0.25, 0.3) is 0 Å². The molecule has 22 heavy (non-hydrogen) atoms. The van der Waals surface area contributed by atoms with E-state index >= 15 is 0 Å². The summed E-state index contributed by atoms with van der Waals surface area (Å²) in [5.74, 6) is 0. The number of thiophene rings is 1. The summed E-state index contributed by atoms with van der Waals surface area (Å²) in [5, 5.41) is 13.3. The van der Waals surface area contributed by atoms with Crippen molar-refractivity contribution in [3.63, 3.8) is 0 Å². The number of tetrazole rings is 1. The second kappa shape index (κ2) is 6.01. The Kier molecular flexibility index (Phi) is 4.07. The Morgan fingerprint density at radius 2 is 2.14 bits per heavy atom. The standard InChI is InChI=1S/C11H7F3N6S2/c12-11(13,14)8-3-4-15-9(16-8)22-10-17-18-19-20(10)6-7-2-1-5-21-7/h1-5H,6H2. The van der Waals surface area contributed by atoms with Crippen LogP contribution < -0.4 is 0 Å². The Hall–Kier alpha value is -2.01. The summed E-state index contributed by atoms with van der Waals surface area (Å²) in [6.07, 6.45) is -3.45. The second-order valence-electron chi connectivity index (χ2n) is 4.02. The van der Waals surface area contributed by atoms with Crippen LogP contribution in [-0.2, 0) is 12.7 Å².